The molecule has 0 saturated heterocycles. The number of carbonyl (C=O) groups is 2. The molecule has 0 spiro atoms. The standard InChI is InChI=1S/C39H58N2O4/c1-4-6-7-8-9-10-11-12-13-14-15-16-17-18-22-28-34(40-36(42)31-30-32-25-20-19-21-26-32)37-33-27-23-24-29-35(33)41(3)38(37)45-39(43)44-5-2/h19-21,23-27,29,34H,4-18,22,28,30-31H2,1-3H3,(H,40,42). The Hall–Kier alpha value is -3.28. The van der Waals surface area contributed by atoms with Crippen molar-refractivity contribution in [2.45, 2.75) is 135 Å². The molecule has 3 rings (SSSR count). The largest absolute Gasteiger partial charge is 0.515 e. The Labute approximate surface area is 272 Å². The molecule has 0 saturated carbocycles. The first-order valence-corrected chi connectivity index (χ1v) is 17.8. The number of rotatable bonds is 23. The van der Waals surface area contributed by atoms with Gasteiger partial charge in [-0.2, -0.15) is 0 Å². The van der Waals surface area contributed by atoms with E-state index in [0.717, 1.165) is 41.3 Å². The van der Waals surface area contributed by atoms with Crippen molar-refractivity contribution in [2.75, 3.05) is 6.61 Å². The van der Waals surface area contributed by atoms with Gasteiger partial charge in [0.25, 0.3) is 0 Å². The van der Waals surface area contributed by atoms with Gasteiger partial charge < -0.3 is 19.4 Å². The maximum atomic E-state index is 13.3. The third-order valence-electron chi connectivity index (χ3n) is 8.80. The molecule has 3 aromatic rings. The van der Waals surface area contributed by atoms with Crippen LogP contribution in [-0.4, -0.2) is 23.2 Å². The van der Waals surface area contributed by atoms with E-state index in [0.29, 0.717) is 18.7 Å². The van der Waals surface area contributed by atoms with Crippen LogP contribution in [0.5, 0.6) is 5.88 Å². The Balaban J connectivity index is 1.55. The lowest BCUT2D eigenvalue weighted by Crippen LogP contribution is -2.29. The summed E-state index contributed by atoms with van der Waals surface area (Å²) in [7, 11) is 1.89. The highest BCUT2D eigenvalue weighted by atomic mass is 16.7. The van der Waals surface area contributed by atoms with Crippen LogP contribution in [0, 0.1) is 0 Å². The van der Waals surface area contributed by atoms with E-state index in [2.05, 4.69) is 24.4 Å². The highest BCUT2D eigenvalue weighted by molar-refractivity contribution is 5.89. The second kappa shape index (κ2) is 21.5. The van der Waals surface area contributed by atoms with Crippen LogP contribution in [0.4, 0.5) is 4.79 Å². The summed E-state index contributed by atoms with van der Waals surface area (Å²) >= 11 is 0. The van der Waals surface area contributed by atoms with Crippen molar-refractivity contribution in [3.05, 3.63) is 65.7 Å². The minimum Gasteiger partial charge on any atom is -0.434 e. The fourth-order valence-electron chi connectivity index (χ4n) is 6.26. The maximum Gasteiger partial charge on any atom is 0.515 e. The van der Waals surface area contributed by atoms with E-state index in [1.807, 2.05) is 54.1 Å². The SMILES string of the molecule is CCCCCCCCCCCCCCCCCC(NC(=O)CCc1ccccc1)c1c(OC(=O)OCC)n(C)c2ccccc12. The van der Waals surface area contributed by atoms with Crippen molar-refractivity contribution in [3.8, 4) is 5.88 Å². The lowest BCUT2D eigenvalue weighted by atomic mass is 9.97. The van der Waals surface area contributed by atoms with Crippen molar-refractivity contribution in [3.63, 3.8) is 0 Å². The van der Waals surface area contributed by atoms with Crippen molar-refractivity contribution in [2.24, 2.45) is 7.05 Å². The van der Waals surface area contributed by atoms with Crippen LogP contribution in [0.1, 0.15) is 140 Å². The van der Waals surface area contributed by atoms with Crippen LogP contribution in [0.2, 0.25) is 0 Å². The number of benzene rings is 2. The first-order valence-electron chi connectivity index (χ1n) is 17.8. The van der Waals surface area contributed by atoms with E-state index in [1.54, 1.807) is 6.92 Å². The van der Waals surface area contributed by atoms with Crippen LogP contribution in [-0.2, 0) is 23.0 Å². The van der Waals surface area contributed by atoms with E-state index >= 15 is 0 Å². The topological polar surface area (TPSA) is 69.6 Å². The molecule has 1 N–H and O–H groups in total. The molecule has 2 aromatic carbocycles. The Morgan fingerprint density at radius 1 is 0.733 bits per heavy atom. The molecule has 6 heteroatoms. The second-order valence-corrected chi connectivity index (χ2v) is 12.4. The molecule has 1 amide bonds. The van der Waals surface area contributed by atoms with Crippen LogP contribution in [0.15, 0.2) is 54.6 Å². The molecule has 0 bridgehead atoms. The van der Waals surface area contributed by atoms with E-state index < -0.39 is 6.16 Å². The number of hydrogen-bond donors (Lipinski definition) is 1. The maximum absolute atomic E-state index is 13.3. The molecule has 45 heavy (non-hydrogen) atoms. The number of fused-ring (bicyclic) bond motifs is 1. The average molecular weight is 619 g/mol. The Morgan fingerprint density at radius 2 is 1.29 bits per heavy atom. The summed E-state index contributed by atoms with van der Waals surface area (Å²) in [5.41, 5.74) is 2.94. The summed E-state index contributed by atoms with van der Waals surface area (Å²) in [4.78, 5) is 25.7. The van der Waals surface area contributed by atoms with Crippen molar-refractivity contribution < 1.29 is 19.1 Å². The minimum atomic E-state index is -0.731. The van der Waals surface area contributed by atoms with E-state index in [-0.39, 0.29) is 18.6 Å². The van der Waals surface area contributed by atoms with E-state index in [1.165, 1.54) is 83.5 Å². The summed E-state index contributed by atoms with van der Waals surface area (Å²) in [6.45, 7) is 4.27. The van der Waals surface area contributed by atoms with Gasteiger partial charge in [-0.25, -0.2) is 4.79 Å². The number of hydrogen-bond acceptors (Lipinski definition) is 4. The summed E-state index contributed by atoms with van der Waals surface area (Å²) in [6.07, 6.45) is 20.8. The van der Waals surface area contributed by atoms with Gasteiger partial charge in [-0.05, 0) is 31.4 Å². The lowest BCUT2D eigenvalue weighted by molar-refractivity contribution is -0.121. The Bertz CT molecular complexity index is 1250. The fraction of sp³-hybridized carbons (Fsp3) is 0.590. The molecular weight excluding hydrogens is 560 g/mol. The molecule has 1 unspecified atom stereocenters. The number of nitrogens with one attached hydrogen (secondary N) is 1. The zero-order chi connectivity index (χ0) is 32.1. The molecule has 0 aliphatic rings. The highest BCUT2D eigenvalue weighted by Crippen LogP contribution is 2.38. The van der Waals surface area contributed by atoms with Crippen LogP contribution < -0.4 is 10.1 Å². The molecule has 0 fully saturated rings. The van der Waals surface area contributed by atoms with Crippen LogP contribution in [0.3, 0.4) is 0 Å². The number of aryl methyl sites for hydroxylation is 2. The number of aromatic nitrogens is 1. The molecular formula is C39H58N2O4. The predicted molar refractivity (Wildman–Crippen MR) is 186 cm³/mol. The summed E-state index contributed by atoms with van der Waals surface area (Å²) in [5.74, 6) is 0.434. The molecule has 0 radical (unpaired) electrons. The smallest absolute Gasteiger partial charge is 0.434 e. The minimum absolute atomic E-state index is 0.000156. The number of nitrogens with zero attached hydrogens (tertiary/aromatic N) is 1. The average Bonchev–Trinajstić information content (AvgIpc) is 3.32. The van der Waals surface area contributed by atoms with Gasteiger partial charge in [-0.3, -0.25) is 4.79 Å². The Morgan fingerprint density at radius 3 is 1.89 bits per heavy atom. The monoisotopic (exact) mass is 618 g/mol. The molecule has 1 aromatic heterocycles. The number of amides is 1. The van der Waals surface area contributed by atoms with Crippen molar-refractivity contribution in [1.82, 2.24) is 9.88 Å². The van der Waals surface area contributed by atoms with Crippen molar-refractivity contribution >= 4 is 23.0 Å². The first kappa shape index (κ1) is 36.2. The number of unbranched alkanes of at least 4 members (excludes halogenated alkanes) is 14. The van der Waals surface area contributed by atoms with Gasteiger partial charge in [0.05, 0.1) is 18.2 Å². The normalized spacial score (nSPS) is 11.9. The first-order chi connectivity index (χ1) is 22.0. The van der Waals surface area contributed by atoms with Crippen LogP contribution >= 0.6 is 0 Å². The third-order valence-corrected chi connectivity index (χ3v) is 8.80. The van der Waals surface area contributed by atoms with Gasteiger partial charge in [0.1, 0.15) is 0 Å². The lowest BCUT2D eigenvalue weighted by Gasteiger charge is -2.21. The molecule has 0 aliphatic heterocycles. The van der Waals surface area contributed by atoms with Gasteiger partial charge >= 0.3 is 6.16 Å². The summed E-state index contributed by atoms with van der Waals surface area (Å²) < 4.78 is 12.8. The molecule has 6 nitrogen and oxygen atoms in total. The van der Waals surface area contributed by atoms with E-state index in [9.17, 15) is 9.59 Å². The zero-order valence-corrected chi connectivity index (χ0v) is 28.3. The van der Waals surface area contributed by atoms with Crippen LogP contribution in [0.25, 0.3) is 10.9 Å². The number of ether oxygens (including phenoxy) is 2. The Kier molecular flexibility index (Phi) is 17.3. The zero-order valence-electron chi connectivity index (χ0n) is 28.3. The molecule has 1 heterocycles. The number of carbonyl (C=O) groups excluding carboxylic acids is 2. The van der Waals surface area contributed by atoms with Gasteiger partial charge in [0, 0.05) is 24.4 Å². The second-order valence-electron chi connectivity index (χ2n) is 12.4. The molecule has 1 atom stereocenters. The van der Waals surface area contributed by atoms with E-state index in [4.69, 9.17) is 9.47 Å². The van der Waals surface area contributed by atoms with Gasteiger partial charge in [-0.1, -0.05) is 152 Å². The van der Waals surface area contributed by atoms with Gasteiger partial charge in [0.2, 0.25) is 11.8 Å². The molecule has 248 valence electrons. The molecule has 0 aliphatic carbocycles. The summed E-state index contributed by atoms with van der Waals surface area (Å²) in [6, 6.07) is 17.8. The van der Waals surface area contributed by atoms with Gasteiger partial charge in [-0.15, -0.1) is 0 Å². The van der Waals surface area contributed by atoms with Gasteiger partial charge in [0.15, 0.2) is 0 Å². The van der Waals surface area contributed by atoms with Crippen molar-refractivity contribution in [1.29, 1.82) is 0 Å². The fourth-order valence-corrected chi connectivity index (χ4v) is 6.26. The highest BCUT2D eigenvalue weighted by Gasteiger charge is 2.27. The number of para-hydroxylation sites is 1. The quantitative estimate of drug-likeness (QED) is 0.0848. The predicted octanol–water partition coefficient (Wildman–Crippen LogP) is 10.8. The third kappa shape index (κ3) is 12.9. The summed E-state index contributed by atoms with van der Waals surface area (Å²) in [5, 5.41) is 4.30.